The molecule has 1 N–H and O–H groups in total. The maximum atomic E-state index is 13.0. The number of hydrogen-bond donors (Lipinski definition) is 1. The van der Waals surface area contributed by atoms with Gasteiger partial charge in [-0.2, -0.15) is 0 Å². The van der Waals surface area contributed by atoms with Crippen LogP contribution in [0.3, 0.4) is 0 Å². The summed E-state index contributed by atoms with van der Waals surface area (Å²) in [5.41, 5.74) is 1.04. The Morgan fingerprint density at radius 2 is 2.12 bits per heavy atom. The van der Waals surface area contributed by atoms with Crippen molar-refractivity contribution in [3.63, 3.8) is 0 Å². The molecule has 140 valence electrons. The molecule has 0 aliphatic carbocycles. The summed E-state index contributed by atoms with van der Waals surface area (Å²) in [5.74, 6) is 0.719. The van der Waals surface area contributed by atoms with E-state index in [2.05, 4.69) is 10.3 Å². The quantitative estimate of drug-likeness (QED) is 0.791. The molecule has 3 rings (SSSR count). The van der Waals surface area contributed by atoms with Crippen molar-refractivity contribution >= 4 is 30.1 Å². The first-order valence-electron chi connectivity index (χ1n) is 8.41. The molecule has 2 heterocycles. The minimum Gasteiger partial charge on any atom is -0.481 e. The van der Waals surface area contributed by atoms with Crippen molar-refractivity contribution < 1.29 is 9.53 Å². The van der Waals surface area contributed by atoms with Crippen LogP contribution in [-0.4, -0.2) is 47.8 Å². The number of nitrogens with zero attached hydrogens (tertiary/aromatic N) is 2. The number of thioether (sulfide) groups is 1. The van der Waals surface area contributed by atoms with E-state index in [1.165, 1.54) is 4.90 Å². The lowest BCUT2D eigenvalue weighted by atomic mass is 10.0. The van der Waals surface area contributed by atoms with Crippen molar-refractivity contribution in [2.45, 2.75) is 24.0 Å². The number of carbonyl (C=O) groups is 1. The van der Waals surface area contributed by atoms with Gasteiger partial charge in [0.2, 0.25) is 0 Å². The molecule has 2 atom stereocenters. The number of carbonyl (C=O) groups excluding carboxylic acids is 1. The normalized spacial score (nSPS) is 17.9. The van der Waals surface area contributed by atoms with Crippen LogP contribution in [0.2, 0.25) is 0 Å². The molecular weight excluding hydrogens is 370 g/mol. The lowest BCUT2D eigenvalue weighted by Crippen LogP contribution is -2.52. The van der Waals surface area contributed by atoms with Gasteiger partial charge in [0.15, 0.2) is 6.10 Å². The smallest absolute Gasteiger partial charge is 0.263 e. The van der Waals surface area contributed by atoms with Crippen molar-refractivity contribution in [2.75, 3.05) is 25.9 Å². The molecule has 0 bridgehead atoms. The molecule has 26 heavy (non-hydrogen) atoms. The summed E-state index contributed by atoms with van der Waals surface area (Å²) >= 11 is 1.68. The zero-order valence-electron chi connectivity index (χ0n) is 14.9. The maximum absolute atomic E-state index is 13.0. The van der Waals surface area contributed by atoms with Gasteiger partial charge in [0.1, 0.15) is 5.75 Å². The number of ether oxygens (including phenoxy) is 1. The Hall–Kier alpha value is -1.76. The number of halogens is 1. The molecule has 1 saturated heterocycles. The second kappa shape index (κ2) is 9.80. The van der Waals surface area contributed by atoms with Crippen molar-refractivity contribution in [3.8, 4) is 5.75 Å². The third-order valence-corrected chi connectivity index (χ3v) is 5.06. The van der Waals surface area contributed by atoms with Gasteiger partial charge in [-0.15, -0.1) is 24.2 Å². The number of pyridine rings is 1. The highest BCUT2D eigenvalue weighted by molar-refractivity contribution is 7.98. The number of rotatable bonds is 5. The summed E-state index contributed by atoms with van der Waals surface area (Å²) in [6.07, 6.45) is 5.07. The van der Waals surface area contributed by atoms with Crippen LogP contribution < -0.4 is 10.1 Å². The Kier molecular flexibility index (Phi) is 7.75. The third-order valence-electron chi connectivity index (χ3n) is 4.32. The predicted octanol–water partition coefficient (Wildman–Crippen LogP) is 3.17. The summed E-state index contributed by atoms with van der Waals surface area (Å²) < 4.78 is 5.88. The average Bonchev–Trinajstić information content (AvgIpc) is 2.68. The summed E-state index contributed by atoms with van der Waals surface area (Å²) in [6, 6.07) is 11.7. The van der Waals surface area contributed by atoms with E-state index in [0.717, 1.165) is 18.7 Å². The fourth-order valence-electron chi connectivity index (χ4n) is 2.98. The summed E-state index contributed by atoms with van der Waals surface area (Å²) in [6.45, 7) is 3.99. The Morgan fingerprint density at radius 1 is 1.35 bits per heavy atom. The summed E-state index contributed by atoms with van der Waals surface area (Å²) in [5, 5.41) is 3.35. The van der Waals surface area contributed by atoms with E-state index in [1.807, 2.05) is 60.7 Å². The fourth-order valence-corrected chi connectivity index (χ4v) is 3.39. The molecule has 2 aromatic rings. The molecule has 1 aliphatic rings. The highest BCUT2D eigenvalue weighted by Gasteiger charge is 2.31. The van der Waals surface area contributed by atoms with Crippen LogP contribution in [0.25, 0.3) is 0 Å². The van der Waals surface area contributed by atoms with Gasteiger partial charge in [-0.3, -0.25) is 9.78 Å². The summed E-state index contributed by atoms with van der Waals surface area (Å²) in [4.78, 5) is 20.2. The minimum absolute atomic E-state index is 0. The van der Waals surface area contributed by atoms with Crippen LogP contribution >= 0.6 is 24.2 Å². The van der Waals surface area contributed by atoms with Crippen molar-refractivity contribution in [3.05, 3.63) is 54.4 Å². The number of aromatic nitrogens is 1. The second-order valence-electron chi connectivity index (χ2n) is 5.97. The third kappa shape index (κ3) is 4.90. The van der Waals surface area contributed by atoms with E-state index in [-0.39, 0.29) is 24.4 Å². The van der Waals surface area contributed by atoms with Crippen LogP contribution in [0, 0.1) is 0 Å². The van der Waals surface area contributed by atoms with Gasteiger partial charge in [-0.05, 0) is 49.1 Å². The number of nitrogens with one attached hydrogen (secondary N) is 1. The standard InChI is InChI=1S/C19H23N3O2S.ClH/c1-14(24-16-5-7-17(25-2)8-6-16)19(23)22-11-10-21-13-18(22)15-4-3-9-20-12-15;/h3-9,12,14,18,21H,10-11,13H2,1-2H3;1H. The first-order valence-corrected chi connectivity index (χ1v) is 9.63. The lowest BCUT2D eigenvalue weighted by molar-refractivity contribution is -0.141. The largest absolute Gasteiger partial charge is 0.481 e. The molecule has 2 unspecified atom stereocenters. The lowest BCUT2D eigenvalue weighted by Gasteiger charge is -2.37. The zero-order valence-corrected chi connectivity index (χ0v) is 16.6. The number of hydrogen-bond acceptors (Lipinski definition) is 5. The molecule has 1 aliphatic heterocycles. The Bertz CT molecular complexity index is 700. The highest BCUT2D eigenvalue weighted by atomic mass is 35.5. The van der Waals surface area contributed by atoms with Gasteiger partial charge in [0, 0.05) is 36.9 Å². The van der Waals surface area contributed by atoms with Gasteiger partial charge in [-0.25, -0.2) is 0 Å². The maximum Gasteiger partial charge on any atom is 0.263 e. The Balaban J connectivity index is 0.00000243. The van der Waals surface area contributed by atoms with E-state index in [9.17, 15) is 4.79 Å². The molecule has 1 fully saturated rings. The second-order valence-corrected chi connectivity index (χ2v) is 6.85. The SMILES string of the molecule is CSc1ccc(OC(C)C(=O)N2CCNCC2c2cccnc2)cc1.Cl. The van der Waals surface area contributed by atoms with Gasteiger partial charge in [0.25, 0.3) is 5.91 Å². The summed E-state index contributed by atoms with van der Waals surface area (Å²) in [7, 11) is 0. The molecule has 0 spiro atoms. The topological polar surface area (TPSA) is 54.5 Å². The fraction of sp³-hybridized carbons (Fsp3) is 0.368. The molecule has 7 heteroatoms. The molecule has 0 radical (unpaired) electrons. The molecule has 1 aromatic carbocycles. The number of benzene rings is 1. The van der Waals surface area contributed by atoms with Crippen LogP contribution in [0.1, 0.15) is 18.5 Å². The highest BCUT2D eigenvalue weighted by Crippen LogP contribution is 2.24. The van der Waals surface area contributed by atoms with Crippen molar-refractivity contribution in [1.82, 2.24) is 15.2 Å². The molecule has 1 aromatic heterocycles. The molecule has 0 saturated carbocycles. The molecular formula is C19H24ClN3O2S. The predicted molar refractivity (Wildman–Crippen MR) is 107 cm³/mol. The van der Waals surface area contributed by atoms with Gasteiger partial charge >= 0.3 is 0 Å². The Labute approximate surface area is 164 Å². The van der Waals surface area contributed by atoms with Gasteiger partial charge < -0.3 is 15.0 Å². The number of amides is 1. The van der Waals surface area contributed by atoms with E-state index < -0.39 is 6.10 Å². The van der Waals surface area contributed by atoms with E-state index in [4.69, 9.17) is 4.74 Å². The van der Waals surface area contributed by atoms with E-state index >= 15 is 0 Å². The van der Waals surface area contributed by atoms with Crippen molar-refractivity contribution in [1.29, 1.82) is 0 Å². The zero-order chi connectivity index (χ0) is 17.6. The van der Waals surface area contributed by atoms with Gasteiger partial charge in [0.05, 0.1) is 6.04 Å². The van der Waals surface area contributed by atoms with Crippen LogP contribution in [0.4, 0.5) is 0 Å². The monoisotopic (exact) mass is 393 g/mol. The molecule has 5 nitrogen and oxygen atoms in total. The number of piperazine rings is 1. The van der Waals surface area contributed by atoms with E-state index in [1.54, 1.807) is 18.0 Å². The average molecular weight is 394 g/mol. The van der Waals surface area contributed by atoms with Crippen molar-refractivity contribution in [2.24, 2.45) is 0 Å². The van der Waals surface area contributed by atoms with Crippen LogP contribution in [0.5, 0.6) is 5.75 Å². The van der Waals surface area contributed by atoms with Crippen LogP contribution in [-0.2, 0) is 4.79 Å². The molecule has 1 amide bonds. The first-order chi connectivity index (χ1) is 12.2. The van der Waals surface area contributed by atoms with Gasteiger partial charge in [-0.1, -0.05) is 6.07 Å². The first kappa shape index (κ1) is 20.6. The van der Waals surface area contributed by atoms with Crippen LogP contribution in [0.15, 0.2) is 53.7 Å². The minimum atomic E-state index is -0.530. The van der Waals surface area contributed by atoms with E-state index in [0.29, 0.717) is 12.3 Å². The Morgan fingerprint density at radius 3 is 2.77 bits per heavy atom.